The Labute approximate surface area is 175 Å². The summed E-state index contributed by atoms with van der Waals surface area (Å²) >= 11 is 0. The molecule has 0 radical (unpaired) electrons. The van der Waals surface area contributed by atoms with Crippen molar-refractivity contribution in [1.82, 2.24) is 9.47 Å². The van der Waals surface area contributed by atoms with E-state index in [2.05, 4.69) is 5.32 Å². The van der Waals surface area contributed by atoms with Gasteiger partial charge in [0, 0.05) is 30.0 Å². The summed E-state index contributed by atoms with van der Waals surface area (Å²) in [5.41, 5.74) is 9.39. The molecule has 9 heteroatoms. The van der Waals surface area contributed by atoms with Gasteiger partial charge in [0.25, 0.3) is 5.91 Å². The zero-order valence-electron chi connectivity index (χ0n) is 15.9. The van der Waals surface area contributed by atoms with Gasteiger partial charge in [-0.25, -0.2) is 4.79 Å². The number of aryl methyl sites for hydroxylation is 1. The number of amides is 1. The highest BCUT2D eigenvalue weighted by Crippen LogP contribution is 2.20. The van der Waals surface area contributed by atoms with Crippen molar-refractivity contribution in [1.29, 1.82) is 0 Å². The molecule has 0 fully saturated rings. The Morgan fingerprint density at radius 1 is 1.18 bits per heavy atom. The summed E-state index contributed by atoms with van der Waals surface area (Å²) in [7, 11) is 3.87. The highest BCUT2D eigenvalue weighted by Gasteiger charge is 2.13. The quantitative estimate of drug-likeness (QED) is 0.611. The Morgan fingerprint density at radius 2 is 1.89 bits per heavy atom. The number of oxazole rings is 1. The van der Waals surface area contributed by atoms with Crippen molar-refractivity contribution >= 4 is 53.2 Å². The molecule has 0 aliphatic heterocycles. The van der Waals surface area contributed by atoms with Crippen LogP contribution in [0.2, 0.25) is 0 Å². The number of nitrogen functional groups attached to an aromatic ring is 1. The van der Waals surface area contributed by atoms with Gasteiger partial charge in [-0.2, -0.15) is 0 Å². The lowest BCUT2D eigenvalue weighted by Gasteiger charge is -2.10. The molecule has 2 aromatic carbocycles. The van der Waals surface area contributed by atoms with Gasteiger partial charge in [-0.05, 0) is 56.9 Å². The number of aromatic nitrogens is 1. The van der Waals surface area contributed by atoms with Crippen molar-refractivity contribution in [3.63, 3.8) is 0 Å². The van der Waals surface area contributed by atoms with Crippen LogP contribution in [0.5, 0.6) is 0 Å². The van der Waals surface area contributed by atoms with Crippen molar-refractivity contribution in [2.75, 3.05) is 31.7 Å². The van der Waals surface area contributed by atoms with Crippen LogP contribution in [0.4, 0.5) is 11.4 Å². The smallest absolute Gasteiger partial charge is 0.408 e. The van der Waals surface area contributed by atoms with Crippen LogP contribution in [0.1, 0.15) is 15.9 Å². The number of nitrogens with two attached hydrogens (primary N) is 1. The maximum Gasteiger partial charge on any atom is 0.419 e. The number of benzene rings is 2. The molecule has 0 spiro atoms. The van der Waals surface area contributed by atoms with Crippen LogP contribution in [0.25, 0.3) is 11.1 Å². The molecular weight excluding hydrogens is 403 g/mol. The number of halogens is 2. The fourth-order valence-corrected chi connectivity index (χ4v) is 2.73. The summed E-state index contributed by atoms with van der Waals surface area (Å²) < 4.78 is 6.84. The van der Waals surface area contributed by atoms with Gasteiger partial charge in [0.2, 0.25) is 0 Å². The van der Waals surface area contributed by atoms with E-state index in [1.807, 2.05) is 32.0 Å². The van der Waals surface area contributed by atoms with E-state index in [1.54, 1.807) is 34.9 Å². The van der Waals surface area contributed by atoms with E-state index in [1.165, 1.54) is 0 Å². The molecule has 1 aromatic heterocycles. The maximum atomic E-state index is 12.6. The Hall–Kier alpha value is -2.48. The van der Waals surface area contributed by atoms with Gasteiger partial charge >= 0.3 is 5.76 Å². The molecule has 3 aromatic rings. The summed E-state index contributed by atoms with van der Waals surface area (Å²) in [6.45, 7) is 3.06. The summed E-state index contributed by atoms with van der Waals surface area (Å²) in [6.07, 6.45) is 0. The Kier molecular flexibility index (Phi) is 8.11. The second-order valence-corrected chi connectivity index (χ2v) is 6.53. The van der Waals surface area contributed by atoms with Crippen LogP contribution >= 0.6 is 24.8 Å². The number of fused-ring (bicyclic) bond motifs is 1. The number of hydrogen-bond donors (Lipinski definition) is 2. The van der Waals surface area contributed by atoms with Gasteiger partial charge < -0.3 is 20.4 Å². The fraction of sp³-hybridized carbons (Fsp3) is 0.263. The predicted molar refractivity (Wildman–Crippen MR) is 117 cm³/mol. The van der Waals surface area contributed by atoms with Gasteiger partial charge in [-0.15, -0.1) is 24.8 Å². The maximum absolute atomic E-state index is 12.6. The zero-order valence-corrected chi connectivity index (χ0v) is 17.5. The topological polar surface area (TPSA) is 93.5 Å². The lowest BCUT2D eigenvalue weighted by molar-refractivity contribution is 0.102. The molecule has 0 aliphatic carbocycles. The van der Waals surface area contributed by atoms with Gasteiger partial charge in [-0.1, -0.05) is 6.07 Å². The fourth-order valence-electron chi connectivity index (χ4n) is 2.73. The monoisotopic (exact) mass is 426 g/mol. The first kappa shape index (κ1) is 23.6. The molecule has 28 heavy (non-hydrogen) atoms. The van der Waals surface area contributed by atoms with Crippen LogP contribution < -0.4 is 16.8 Å². The van der Waals surface area contributed by atoms with Crippen molar-refractivity contribution < 1.29 is 9.21 Å². The second-order valence-electron chi connectivity index (χ2n) is 6.53. The average Bonchev–Trinajstić information content (AvgIpc) is 2.89. The molecule has 0 unspecified atom stereocenters. The Balaban J connectivity index is 0.00000196. The molecule has 0 saturated heterocycles. The number of nitrogens with one attached hydrogen (secondary N) is 1. The molecule has 3 rings (SSSR count). The molecule has 1 amide bonds. The van der Waals surface area contributed by atoms with E-state index < -0.39 is 5.76 Å². The third-order valence-corrected chi connectivity index (χ3v) is 4.20. The first-order valence-corrected chi connectivity index (χ1v) is 8.31. The highest BCUT2D eigenvalue weighted by molar-refractivity contribution is 6.06. The van der Waals surface area contributed by atoms with E-state index in [4.69, 9.17) is 10.2 Å². The zero-order chi connectivity index (χ0) is 18.8. The molecule has 0 saturated carbocycles. The molecule has 0 bridgehead atoms. The minimum absolute atomic E-state index is 0. The Morgan fingerprint density at radius 3 is 2.57 bits per heavy atom. The number of anilines is 2. The lowest BCUT2D eigenvalue weighted by Crippen LogP contribution is -2.23. The number of rotatable bonds is 5. The number of hydrogen-bond acceptors (Lipinski definition) is 5. The first-order chi connectivity index (χ1) is 12.3. The molecule has 0 atom stereocenters. The summed E-state index contributed by atoms with van der Waals surface area (Å²) in [5, 5.41) is 2.86. The summed E-state index contributed by atoms with van der Waals surface area (Å²) in [4.78, 5) is 26.6. The van der Waals surface area contributed by atoms with Crippen molar-refractivity contribution in [3.8, 4) is 0 Å². The molecule has 1 heterocycles. The largest absolute Gasteiger partial charge is 0.419 e. The minimum atomic E-state index is -0.406. The van der Waals surface area contributed by atoms with Crippen LogP contribution in [0, 0.1) is 6.92 Å². The van der Waals surface area contributed by atoms with E-state index in [0.29, 0.717) is 41.1 Å². The van der Waals surface area contributed by atoms with Crippen molar-refractivity contribution in [2.24, 2.45) is 0 Å². The van der Waals surface area contributed by atoms with Gasteiger partial charge in [0.1, 0.15) is 0 Å². The number of nitrogens with zero attached hydrogens (tertiary/aromatic N) is 2. The molecule has 152 valence electrons. The van der Waals surface area contributed by atoms with Gasteiger partial charge in [0.05, 0.1) is 5.52 Å². The highest BCUT2D eigenvalue weighted by atomic mass is 35.5. The lowest BCUT2D eigenvalue weighted by atomic mass is 10.1. The van der Waals surface area contributed by atoms with Crippen molar-refractivity contribution in [2.45, 2.75) is 13.5 Å². The summed E-state index contributed by atoms with van der Waals surface area (Å²) in [6, 6.07) is 10.4. The van der Waals surface area contributed by atoms with Crippen molar-refractivity contribution in [3.05, 3.63) is 58.1 Å². The standard InChI is InChI=1S/C19H22N4O3.2ClH/c1-12-4-5-13(20)10-15(12)18(24)21-14-6-7-17-16(11-14)23(19(25)26-17)9-8-22(2)3;;/h4-7,10-11H,8-9,20H2,1-3H3,(H,21,24);2*1H. The van der Waals surface area contributed by atoms with Crippen LogP contribution in [0.3, 0.4) is 0 Å². The van der Waals surface area contributed by atoms with Crippen LogP contribution in [-0.4, -0.2) is 36.0 Å². The van der Waals surface area contributed by atoms with Crippen LogP contribution in [0.15, 0.2) is 45.6 Å². The van der Waals surface area contributed by atoms with Gasteiger partial charge in [0.15, 0.2) is 5.58 Å². The third kappa shape index (κ3) is 5.07. The Bertz CT molecular complexity index is 1030. The summed E-state index contributed by atoms with van der Waals surface area (Å²) in [5.74, 6) is -0.656. The normalized spacial score (nSPS) is 10.4. The molecule has 0 aliphatic rings. The SMILES string of the molecule is Cc1ccc(N)cc1C(=O)Nc1ccc2oc(=O)n(CCN(C)C)c2c1.Cl.Cl. The van der Waals surface area contributed by atoms with E-state index >= 15 is 0 Å². The predicted octanol–water partition coefficient (Wildman–Crippen LogP) is 3.14. The third-order valence-electron chi connectivity index (χ3n) is 4.20. The van der Waals surface area contributed by atoms with E-state index in [9.17, 15) is 9.59 Å². The minimum Gasteiger partial charge on any atom is -0.408 e. The van der Waals surface area contributed by atoms with E-state index in [0.717, 1.165) is 5.56 Å². The second kappa shape index (κ2) is 9.64. The number of carbonyl (C=O) groups excluding carboxylic acids is 1. The van der Waals surface area contributed by atoms with Crippen LogP contribution in [-0.2, 0) is 6.54 Å². The molecular formula is C19H24Cl2N4O3. The number of carbonyl (C=O) groups is 1. The molecule has 7 nitrogen and oxygen atoms in total. The number of likely N-dealkylation sites (N-methyl/N-ethyl adjacent to an activating group) is 1. The average molecular weight is 427 g/mol. The van der Waals surface area contributed by atoms with E-state index in [-0.39, 0.29) is 30.7 Å². The van der Waals surface area contributed by atoms with Gasteiger partial charge in [-0.3, -0.25) is 9.36 Å². The molecule has 3 N–H and O–H groups in total. The first-order valence-electron chi connectivity index (χ1n) is 8.31.